The number of aryl methyl sites for hydroxylation is 2. The Morgan fingerprint density at radius 3 is 2.40 bits per heavy atom. The Morgan fingerprint density at radius 2 is 1.84 bits per heavy atom. The average molecular weight is 346 g/mol. The Morgan fingerprint density at radius 1 is 1.12 bits per heavy atom. The summed E-state index contributed by atoms with van der Waals surface area (Å²) in [4.78, 5) is 12.3. The number of ether oxygens (including phenoxy) is 3. The summed E-state index contributed by atoms with van der Waals surface area (Å²) in [6, 6.07) is 5.69. The van der Waals surface area contributed by atoms with E-state index in [-0.39, 0.29) is 11.9 Å². The first kappa shape index (κ1) is 18.7. The smallest absolute Gasteiger partial charge is 0.220 e. The Kier molecular flexibility index (Phi) is 6.33. The Balaban J connectivity index is 2.01. The van der Waals surface area contributed by atoms with Crippen LogP contribution in [0.25, 0.3) is 0 Å². The SMILES string of the molecule is COc1ccc(CCC(=O)N[C@H](C)c2ccn(C)c2)c(OC)c1OC. The maximum absolute atomic E-state index is 12.3. The summed E-state index contributed by atoms with van der Waals surface area (Å²) in [5.74, 6) is 1.74. The number of amides is 1. The van der Waals surface area contributed by atoms with Gasteiger partial charge in [0.25, 0.3) is 0 Å². The number of carbonyl (C=O) groups is 1. The van der Waals surface area contributed by atoms with Crippen LogP contribution in [0.5, 0.6) is 17.2 Å². The van der Waals surface area contributed by atoms with Crippen LogP contribution in [0.3, 0.4) is 0 Å². The topological polar surface area (TPSA) is 61.7 Å². The van der Waals surface area contributed by atoms with Crippen molar-refractivity contribution in [3.05, 3.63) is 41.7 Å². The monoisotopic (exact) mass is 346 g/mol. The van der Waals surface area contributed by atoms with E-state index in [0.717, 1.165) is 11.1 Å². The van der Waals surface area contributed by atoms with E-state index in [1.807, 2.05) is 49.1 Å². The molecule has 6 heteroatoms. The summed E-state index contributed by atoms with van der Waals surface area (Å²) < 4.78 is 18.1. The van der Waals surface area contributed by atoms with Crippen molar-refractivity contribution in [2.75, 3.05) is 21.3 Å². The predicted octanol–water partition coefficient (Wildman–Crippen LogP) is 2.86. The lowest BCUT2D eigenvalue weighted by Gasteiger charge is -2.16. The van der Waals surface area contributed by atoms with Gasteiger partial charge >= 0.3 is 0 Å². The number of rotatable bonds is 8. The molecule has 25 heavy (non-hydrogen) atoms. The molecular weight excluding hydrogens is 320 g/mol. The number of hydrogen-bond acceptors (Lipinski definition) is 4. The van der Waals surface area contributed by atoms with Crippen LogP contribution in [0.1, 0.15) is 30.5 Å². The van der Waals surface area contributed by atoms with E-state index in [1.54, 1.807) is 21.3 Å². The third-order valence-electron chi connectivity index (χ3n) is 4.14. The standard InChI is InChI=1S/C19H26N2O4/c1-13(15-10-11-21(2)12-15)20-17(22)9-7-14-6-8-16(23-3)19(25-5)18(14)24-4/h6,8,10-13H,7,9H2,1-5H3,(H,20,22)/t13-/m1/s1. The Labute approximate surface area is 148 Å². The van der Waals surface area contributed by atoms with Gasteiger partial charge in [-0.1, -0.05) is 6.07 Å². The largest absolute Gasteiger partial charge is 0.493 e. The van der Waals surface area contributed by atoms with Gasteiger partial charge in [-0.2, -0.15) is 0 Å². The maximum atomic E-state index is 12.3. The highest BCUT2D eigenvalue weighted by Crippen LogP contribution is 2.40. The zero-order valence-corrected chi connectivity index (χ0v) is 15.5. The van der Waals surface area contributed by atoms with E-state index < -0.39 is 0 Å². The summed E-state index contributed by atoms with van der Waals surface area (Å²) in [7, 11) is 6.69. The van der Waals surface area contributed by atoms with E-state index in [4.69, 9.17) is 14.2 Å². The van der Waals surface area contributed by atoms with Crippen LogP contribution in [0.2, 0.25) is 0 Å². The fraction of sp³-hybridized carbons (Fsp3) is 0.421. The zero-order valence-electron chi connectivity index (χ0n) is 15.5. The zero-order chi connectivity index (χ0) is 18.4. The molecule has 0 saturated heterocycles. The highest BCUT2D eigenvalue weighted by molar-refractivity contribution is 5.77. The van der Waals surface area contributed by atoms with Crippen molar-refractivity contribution in [3.63, 3.8) is 0 Å². The first-order valence-corrected chi connectivity index (χ1v) is 8.19. The molecule has 0 saturated carbocycles. The van der Waals surface area contributed by atoms with Crippen molar-refractivity contribution in [3.8, 4) is 17.2 Å². The van der Waals surface area contributed by atoms with Crippen LogP contribution in [0.4, 0.5) is 0 Å². The van der Waals surface area contributed by atoms with Crippen molar-refractivity contribution < 1.29 is 19.0 Å². The molecule has 0 aliphatic carbocycles. The summed E-state index contributed by atoms with van der Waals surface area (Å²) in [5, 5.41) is 3.02. The summed E-state index contributed by atoms with van der Waals surface area (Å²) in [5.41, 5.74) is 1.99. The van der Waals surface area contributed by atoms with Gasteiger partial charge in [-0.15, -0.1) is 0 Å². The van der Waals surface area contributed by atoms with Crippen molar-refractivity contribution in [1.29, 1.82) is 0 Å². The third kappa shape index (κ3) is 4.47. The van der Waals surface area contributed by atoms with Gasteiger partial charge in [-0.05, 0) is 36.6 Å². The van der Waals surface area contributed by atoms with Gasteiger partial charge in [-0.3, -0.25) is 4.79 Å². The molecule has 1 heterocycles. The summed E-state index contributed by atoms with van der Waals surface area (Å²) in [6.07, 6.45) is 4.88. The Hall–Kier alpha value is -2.63. The number of nitrogens with one attached hydrogen (secondary N) is 1. The highest BCUT2D eigenvalue weighted by Gasteiger charge is 2.17. The Bertz CT molecular complexity index is 724. The fourth-order valence-corrected chi connectivity index (χ4v) is 2.79. The van der Waals surface area contributed by atoms with Crippen LogP contribution in [-0.2, 0) is 18.3 Å². The normalized spacial score (nSPS) is 11.7. The third-order valence-corrected chi connectivity index (χ3v) is 4.14. The average Bonchev–Trinajstić information content (AvgIpc) is 3.05. The number of aromatic nitrogens is 1. The molecule has 0 radical (unpaired) electrons. The summed E-state index contributed by atoms with van der Waals surface area (Å²) >= 11 is 0. The number of carbonyl (C=O) groups excluding carboxylic acids is 1. The number of methoxy groups -OCH3 is 3. The second kappa shape index (κ2) is 8.46. The van der Waals surface area contributed by atoms with Crippen molar-refractivity contribution in [1.82, 2.24) is 9.88 Å². The van der Waals surface area contributed by atoms with Gasteiger partial charge in [0.2, 0.25) is 11.7 Å². The molecule has 6 nitrogen and oxygen atoms in total. The molecule has 136 valence electrons. The highest BCUT2D eigenvalue weighted by atomic mass is 16.5. The molecule has 0 fully saturated rings. The van der Waals surface area contributed by atoms with Crippen LogP contribution in [-0.4, -0.2) is 31.8 Å². The van der Waals surface area contributed by atoms with Crippen LogP contribution < -0.4 is 19.5 Å². The first-order valence-electron chi connectivity index (χ1n) is 8.19. The van der Waals surface area contributed by atoms with Gasteiger partial charge in [0, 0.05) is 25.9 Å². The second-order valence-electron chi connectivity index (χ2n) is 5.89. The predicted molar refractivity (Wildman–Crippen MR) is 96.4 cm³/mol. The first-order chi connectivity index (χ1) is 12.0. The molecule has 2 aromatic rings. The fourth-order valence-electron chi connectivity index (χ4n) is 2.79. The molecule has 0 unspecified atom stereocenters. The van der Waals surface area contributed by atoms with Gasteiger partial charge in [0.05, 0.1) is 27.4 Å². The quantitative estimate of drug-likeness (QED) is 0.798. The maximum Gasteiger partial charge on any atom is 0.220 e. The lowest BCUT2D eigenvalue weighted by atomic mass is 10.1. The number of benzene rings is 1. The number of hydrogen-bond donors (Lipinski definition) is 1. The van der Waals surface area contributed by atoms with E-state index in [2.05, 4.69) is 5.32 Å². The van der Waals surface area contributed by atoms with Crippen LogP contribution in [0.15, 0.2) is 30.6 Å². The molecule has 2 rings (SSSR count). The molecular formula is C19H26N2O4. The molecule has 1 N–H and O–H groups in total. The van der Waals surface area contributed by atoms with Crippen LogP contribution >= 0.6 is 0 Å². The lowest BCUT2D eigenvalue weighted by molar-refractivity contribution is -0.121. The lowest BCUT2D eigenvalue weighted by Crippen LogP contribution is -2.26. The van der Waals surface area contributed by atoms with E-state index in [1.165, 1.54) is 0 Å². The second-order valence-corrected chi connectivity index (χ2v) is 5.89. The molecule has 0 aliphatic heterocycles. The van der Waals surface area contributed by atoms with Gasteiger partial charge in [0.15, 0.2) is 11.5 Å². The minimum Gasteiger partial charge on any atom is -0.493 e. The van der Waals surface area contributed by atoms with Gasteiger partial charge < -0.3 is 24.1 Å². The molecule has 1 aromatic heterocycles. The van der Waals surface area contributed by atoms with E-state index in [0.29, 0.717) is 30.1 Å². The molecule has 1 amide bonds. The minimum atomic E-state index is -0.0269. The van der Waals surface area contributed by atoms with Gasteiger partial charge in [0.1, 0.15) is 0 Å². The molecule has 0 bridgehead atoms. The van der Waals surface area contributed by atoms with Crippen molar-refractivity contribution >= 4 is 5.91 Å². The minimum absolute atomic E-state index is 0.00630. The molecule has 1 atom stereocenters. The van der Waals surface area contributed by atoms with Crippen LogP contribution in [0, 0.1) is 0 Å². The molecule has 0 aliphatic rings. The van der Waals surface area contributed by atoms with E-state index in [9.17, 15) is 4.79 Å². The van der Waals surface area contributed by atoms with E-state index >= 15 is 0 Å². The summed E-state index contributed by atoms with van der Waals surface area (Å²) in [6.45, 7) is 1.98. The van der Waals surface area contributed by atoms with Crippen molar-refractivity contribution in [2.24, 2.45) is 7.05 Å². The van der Waals surface area contributed by atoms with Gasteiger partial charge in [-0.25, -0.2) is 0 Å². The molecule has 1 aromatic carbocycles. The van der Waals surface area contributed by atoms with Crippen molar-refractivity contribution in [2.45, 2.75) is 25.8 Å². The molecule has 0 spiro atoms. The number of nitrogens with zero attached hydrogens (tertiary/aromatic N) is 1.